The Morgan fingerprint density at radius 1 is 1.39 bits per heavy atom. The second-order valence-electron chi connectivity index (χ2n) is 4.21. The van der Waals surface area contributed by atoms with E-state index in [4.69, 9.17) is 11.6 Å². The first-order valence-corrected chi connectivity index (χ1v) is 6.07. The number of aryl methyl sites for hydroxylation is 1. The largest absolute Gasteiger partial charge is 0.316 e. The van der Waals surface area contributed by atoms with E-state index in [1.165, 1.54) is 10.7 Å². The van der Waals surface area contributed by atoms with Gasteiger partial charge in [0.2, 0.25) is 0 Å². The number of nitrogens with one attached hydrogen (secondary N) is 1. The molecule has 1 aromatic carbocycles. The van der Waals surface area contributed by atoms with Gasteiger partial charge in [0.1, 0.15) is 11.5 Å². The smallest absolute Gasteiger partial charge is 0.149 e. The summed E-state index contributed by atoms with van der Waals surface area (Å²) < 4.78 is 15.6. The van der Waals surface area contributed by atoms with Crippen molar-refractivity contribution in [2.75, 3.05) is 7.05 Å². The predicted molar refractivity (Wildman–Crippen MR) is 70.8 cm³/mol. The second-order valence-corrected chi connectivity index (χ2v) is 4.59. The Labute approximate surface area is 111 Å². The third-order valence-corrected chi connectivity index (χ3v) is 3.37. The van der Waals surface area contributed by atoms with Crippen molar-refractivity contribution in [1.82, 2.24) is 15.1 Å². The second kappa shape index (κ2) is 5.08. The van der Waals surface area contributed by atoms with Gasteiger partial charge in [0.15, 0.2) is 0 Å². The summed E-state index contributed by atoms with van der Waals surface area (Å²) in [6, 6.07) is 5.10. The molecule has 0 aliphatic rings. The molecule has 0 saturated heterocycles. The Kier molecular flexibility index (Phi) is 3.68. The molecule has 0 radical (unpaired) electrons. The molecule has 0 saturated carbocycles. The van der Waals surface area contributed by atoms with Crippen molar-refractivity contribution in [3.8, 4) is 5.69 Å². The van der Waals surface area contributed by atoms with Gasteiger partial charge >= 0.3 is 0 Å². The minimum absolute atomic E-state index is 0.301. The first-order valence-electron chi connectivity index (χ1n) is 5.69. The average Bonchev–Trinajstić information content (AvgIpc) is 2.58. The van der Waals surface area contributed by atoms with Gasteiger partial charge in [-0.3, -0.25) is 0 Å². The number of benzene rings is 1. The van der Waals surface area contributed by atoms with Crippen LogP contribution in [0.25, 0.3) is 5.69 Å². The van der Waals surface area contributed by atoms with Crippen molar-refractivity contribution >= 4 is 11.6 Å². The zero-order valence-electron chi connectivity index (χ0n) is 10.6. The standard InChI is InChI=1S/C13H15ClFN3/c1-8-13(14)9(2)18(17-8)12-5-4-10(7-16-3)6-11(12)15/h4-6,16H,7H2,1-3H3. The molecule has 0 fully saturated rings. The molecule has 0 bridgehead atoms. The van der Waals surface area contributed by atoms with Crippen molar-refractivity contribution in [2.45, 2.75) is 20.4 Å². The molecule has 1 aromatic heterocycles. The van der Waals surface area contributed by atoms with Crippen LogP contribution in [-0.4, -0.2) is 16.8 Å². The lowest BCUT2D eigenvalue weighted by molar-refractivity contribution is 0.604. The maximum atomic E-state index is 14.0. The van der Waals surface area contributed by atoms with Crippen LogP contribution in [0.1, 0.15) is 17.0 Å². The Hall–Kier alpha value is -1.39. The number of hydrogen-bond donors (Lipinski definition) is 1. The van der Waals surface area contributed by atoms with Gasteiger partial charge in [-0.2, -0.15) is 5.10 Å². The summed E-state index contributed by atoms with van der Waals surface area (Å²) in [5, 5.41) is 7.81. The molecule has 3 nitrogen and oxygen atoms in total. The normalized spacial score (nSPS) is 10.9. The van der Waals surface area contributed by atoms with Crippen LogP contribution in [0, 0.1) is 19.7 Å². The molecular weight excluding hydrogens is 253 g/mol. The fraction of sp³-hybridized carbons (Fsp3) is 0.308. The molecule has 2 rings (SSSR count). The van der Waals surface area contributed by atoms with Crippen LogP contribution >= 0.6 is 11.6 Å². The summed E-state index contributed by atoms with van der Waals surface area (Å²) in [5.41, 5.74) is 2.76. The molecule has 0 unspecified atom stereocenters. The summed E-state index contributed by atoms with van der Waals surface area (Å²) in [4.78, 5) is 0. The van der Waals surface area contributed by atoms with E-state index in [0.717, 1.165) is 11.3 Å². The lowest BCUT2D eigenvalue weighted by Gasteiger charge is -2.08. The van der Waals surface area contributed by atoms with Crippen LogP contribution in [0.3, 0.4) is 0 Å². The van der Waals surface area contributed by atoms with Gasteiger partial charge < -0.3 is 5.32 Å². The van der Waals surface area contributed by atoms with Crippen molar-refractivity contribution in [3.05, 3.63) is 46.0 Å². The van der Waals surface area contributed by atoms with Crippen LogP contribution in [-0.2, 0) is 6.54 Å². The van der Waals surface area contributed by atoms with E-state index in [0.29, 0.717) is 22.9 Å². The molecule has 1 heterocycles. The molecule has 18 heavy (non-hydrogen) atoms. The zero-order chi connectivity index (χ0) is 13.3. The maximum absolute atomic E-state index is 14.0. The van der Waals surface area contributed by atoms with E-state index in [1.807, 2.05) is 20.0 Å². The number of nitrogens with zero attached hydrogens (tertiary/aromatic N) is 2. The topological polar surface area (TPSA) is 29.9 Å². The molecule has 0 aliphatic carbocycles. The number of halogens is 2. The van der Waals surface area contributed by atoms with Gasteiger partial charge in [-0.15, -0.1) is 0 Å². The highest BCUT2D eigenvalue weighted by molar-refractivity contribution is 6.31. The Bertz CT molecular complexity index is 578. The van der Waals surface area contributed by atoms with Crippen molar-refractivity contribution in [1.29, 1.82) is 0 Å². The van der Waals surface area contributed by atoms with Crippen LogP contribution in [0.2, 0.25) is 5.02 Å². The summed E-state index contributed by atoms with van der Waals surface area (Å²) >= 11 is 6.07. The third-order valence-electron chi connectivity index (χ3n) is 2.82. The van der Waals surface area contributed by atoms with E-state index in [9.17, 15) is 4.39 Å². The van der Waals surface area contributed by atoms with Gasteiger partial charge in [-0.1, -0.05) is 17.7 Å². The van der Waals surface area contributed by atoms with E-state index in [-0.39, 0.29) is 5.82 Å². The average molecular weight is 268 g/mol. The van der Waals surface area contributed by atoms with E-state index < -0.39 is 0 Å². The molecule has 0 spiro atoms. The van der Waals surface area contributed by atoms with Gasteiger partial charge in [0, 0.05) is 6.54 Å². The lowest BCUT2D eigenvalue weighted by Crippen LogP contribution is -2.07. The SMILES string of the molecule is CNCc1ccc(-n2nc(C)c(Cl)c2C)c(F)c1. The first-order chi connectivity index (χ1) is 8.54. The number of aromatic nitrogens is 2. The van der Waals surface area contributed by atoms with Crippen LogP contribution in [0.4, 0.5) is 4.39 Å². The first kappa shape index (κ1) is 13.1. The monoisotopic (exact) mass is 267 g/mol. The predicted octanol–water partition coefficient (Wildman–Crippen LogP) is 3.00. The summed E-state index contributed by atoms with van der Waals surface area (Å²) in [7, 11) is 1.83. The van der Waals surface area contributed by atoms with Gasteiger partial charge in [0.25, 0.3) is 0 Å². The van der Waals surface area contributed by atoms with Gasteiger partial charge in [-0.05, 0) is 38.6 Å². The summed E-state index contributed by atoms with van der Waals surface area (Å²) in [5.74, 6) is -0.301. The molecule has 2 aromatic rings. The highest BCUT2D eigenvalue weighted by atomic mass is 35.5. The van der Waals surface area contributed by atoms with E-state index >= 15 is 0 Å². The van der Waals surface area contributed by atoms with Crippen molar-refractivity contribution in [3.63, 3.8) is 0 Å². The molecule has 0 atom stereocenters. The van der Waals surface area contributed by atoms with Crippen molar-refractivity contribution in [2.24, 2.45) is 0 Å². The molecule has 1 N–H and O–H groups in total. The number of rotatable bonds is 3. The molecule has 0 aliphatic heterocycles. The van der Waals surface area contributed by atoms with Crippen LogP contribution in [0.15, 0.2) is 18.2 Å². The molecule has 5 heteroatoms. The Morgan fingerprint density at radius 3 is 2.61 bits per heavy atom. The number of hydrogen-bond acceptors (Lipinski definition) is 2. The fourth-order valence-electron chi connectivity index (χ4n) is 1.89. The minimum atomic E-state index is -0.301. The van der Waals surface area contributed by atoms with Crippen LogP contribution < -0.4 is 5.32 Å². The van der Waals surface area contributed by atoms with E-state index in [2.05, 4.69) is 10.4 Å². The Morgan fingerprint density at radius 2 is 2.11 bits per heavy atom. The Balaban J connectivity index is 2.48. The van der Waals surface area contributed by atoms with E-state index in [1.54, 1.807) is 13.0 Å². The zero-order valence-corrected chi connectivity index (χ0v) is 11.3. The van der Waals surface area contributed by atoms with Crippen LogP contribution in [0.5, 0.6) is 0 Å². The minimum Gasteiger partial charge on any atom is -0.316 e. The quantitative estimate of drug-likeness (QED) is 0.927. The highest BCUT2D eigenvalue weighted by Gasteiger charge is 2.13. The van der Waals surface area contributed by atoms with Crippen molar-refractivity contribution < 1.29 is 4.39 Å². The fourth-order valence-corrected chi connectivity index (χ4v) is 2.01. The van der Waals surface area contributed by atoms with Gasteiger partial charge in [0.05, 0.1) is 16.4 Å². The van der Waals surface area contributed by atoms with Gasteiger partial charge in [-0.25, -0.2) is 9.07 Å². The summed E-state index contributed by atoms with van der Waals surface area (Å²) in [6.45, 7) is 4.26. The third kappa shape index (κ3) is 2.26. The molecule has 0 amide bonds. The highest BCUT2D eigenvalue weighted by Crippen LogP contribution is 2.24. The molecular formula is C13H15ClFN3. The maximum Gasteiger partial charge on any atom is 0.149 e. The lowest BCUT2D eigenvalue weighted by atomic mass is 10.2. The summed E-state index contributed by atoms with van der Waals surface area (Å²) in [6.07, 6.45) is 0. The molecule has 96 valence electrons.